The molecule has 3 aromatic carbocycles. The van der Waals surface area contributed by atoms with Gasteiger partial charge >= 0.3 is 0 Å². The fourth-order valence-electron chi connectivity index (χ4n) is 4.12. The van der Waals surface area contributed by atoms with Crippen molar-refractivity contribution in [3.63, 3.8) is 0 Å². The molecule has 1 atom stereocenters. The van der Waals surface area contributed by atoms with Crippen molar-refractivity contribution in [1.82, 2.24) is 0 Å². The van der Waals surface area contributed by atoms with Gasteiger partial charge in [0.2, 0.25) is 10.0 Å². The minimum absolute atomic E-state index is 0.0392. The summed E-state index contributed by atoms with van der Waals surface area (Å²) in [7, 11) is -3.46. The third kappa shape index (κ3) is 4.35. The molecule has 0 fully saturated rings. The molecule has 0 spiro atoms. The number of fused-ring (bicyclic) bond motifs is 1. The number of carbonyl (C=O) groups excluding carboxylic acids is 1. The molecule has 1 amide bonds. The number of hydrogen-bond donors (Lipinski definition) is 0. The molecule has 1 aliphatic heterocycles. The first-order chi connectivity index (χ1) is 14.7. The van der Waals surface area contributed by atoms with Gasteiger partial charge in [0.15, 0.2) is 0 Å². The van der Waals surface area contributed by atoms with Crippen molar-refractivity contribution in [1.29, 1.82) is 0 Å². The number of hydrogen-bond acceptors (Lipinski definition) is 3. The van der Waals surface area contributed by atoms with Crippen molar-refractivity contribution in [3.05, 3.63) is 95.1 Å². The van der Waals surface area contributed by atoms with E-state index in [4.69, 9.17) is 0 Å². The van der Waals surface area contributed by atoms with Gasteiger partial charge in [0.25, 0.3) is 5.91 Å². The molecule has 31 heavy (non-hydrogen) atoms. The van der Waals surface area contributed by atoms with Crippen LogP contribution in [0.5, 0.6) is 0 Å². The Hall–Kier alpha value is -3.12. The Morgan fingerprint density at radius 3 is 2.42 bits per heavy atom. The summed E-state index contributed by atoms with van der Waals surface area (Å²) in [5, 5.41) is 0. The monoisotopic (exact) mass is 434 g/mol. The van der Waals surface area contributed by atoms with Crippen molar-refractivity contribution in [2.24, 2.45) is 0 Å². The Bertz CT molecular complexity index is 1220. The van der Waals surface area contributed by atoms with Crippen molar-refractivity contribution < 1.29 is 13.2 Å². The Balaban J connectivity index is 1.57. The van der Waals surface area contributed by atoms with Gasteiger partial charge in [-0.05, 0) is 67.3 Å². The van der Waals surface area contributed by atoms with Gasteiger partial charge in [-0.1, -0.05) is 42.5 Å². The van der Waals surface area contributed by atoms with Crippen LogP contribution in [0.2, 0.25) is 0 Å². The molecule has 0 N–H and O–H groups in total. The summed E-state index contributed by atoms with van der Waals surface area (Å²) in [6.45, 7) is 4.19. The molecule has 0 unspecified atom stereocenters. The first-order valence-corrected chi connectivity index (χ1v) is 12.1. The number of amides is 1. The highest BCUT2D eigenvalue weighted by molar-refractivity contribution is 7.92. The Labute approximate surface area is 184 Å². The summed E-state index contributed by atoms with van der Waals surface area (Å²) in [6.07, 6.45) is 2.05. The molecule has 3 aromatic rings. The Kier molecular flexibility index (Phi) is 5.58. The number of sulfonamides is 1. The van der Waals surface area contributed by atoms with Crippen molar-refractivity contribution in [3.8, 4) is 0 Å². The van der Waals surface area contributed by atoms with E-state index in [1.165, 1.54) is 16.1 Å². The van der Waals surface area contributed by atoms with Crippen LogP contribution in [0.3, 0.4) is 0 Å². The zero-order valence-electron chi connectivity index (χ0n) is 17.9. The second kappa shape index (κ2) is 8.19. The van der Waals surface area contributed by atoms with Crippen LogP contribution >= 0.6 is 0 Å². The molecule has 4 rings (SSSR count). The lowest BCUT2D eigenvalue weighted by Crippen LogP contribution is -2.35. The van der Waals surface area contributed by atoms with Gasteiger partial charge in [0.1, 0.15) is 0 Å². The normalized spacial score (nSPS) is 15.6. The highest BCUT2D eigenvalue weighted by Gasteiger charge is 2.31. The summed E-state index contributed by atoms with van der Waals surface area (Å²) in [5.41, 5.74) is 5.18. The van der Waals surface area contributed by atoms with Gasteiger partial charge in [-0.15, -0.1) is 0 Å². The number of para-hydroxylation sites is 1. The lowest BCUT2D eigenvalue weighted by atomic mass is 10.1. The van der Waals surface area contributed by atoms with E-state index in [1.54, 1.807) is 18.2 Å². The maximum atomic E-state index is 13.2. The molecule has 0 aromatic heterocycles. The van der Waals surface area contributed by atoms with E-state index in [1.807, 2.05) is 60.4 Å². The highest BCUT2D eigenvalue weighted by Crippen LogP contribution is 2.33. The number of carbonyl (C=O) groups is 1. The second-order valence-electron chi connectivity index (χ2n) is 8.16. The standard InChI is InChI=1S/C25H26N2O3S/c1-18-7-6-9-23(15-18)26(31(3,29)30)17-20-11-13-21(14-12-20)25(28)27-19(2)16-22-8-4-5-10-24(22)27/h4-15,19H,16-17H2,1-3H3/t19-/m0/s1. The molecule has 1 aliphatic rings. The lowest BCUT2D eigenvalue weighted by Gasteiger charge is -2.24. The molecule has 0 saturated carbocycles. The Morgan fingerprint density at radius 1 is 1.03 bits per heavy atom. The van der Waals surface area contributed by atoms with Crippen LogP contribution in [0, 0.1) is 6.92 Å². The van der Waals surface area contributed by atoms with E-state index in [9.17, 15) is 13.2 Å². The molecule has 6 heteroatoms. The summed E-state index contributed by atoms with van der Waals surface area (Å²) in [6, 6.07) is 22.7. The first kappa shape index (κ1) is 21.1. The van der Waals surface area contributed by atoms with E-state index in [0.717, 1.165) is 23.2 Å². The van der Waals surface area contributed by atoms with Gasteiger partial charge in [0, 0.05) is 17.3 Å². The minimum atomic E-state index is -3.46. The van der Waals surface area contributed by atoms with Crippen molar-refractivity contribution >= 4 is 27.3 Å². The molecule has 0 radical (unpaired) electrons. The van der Waals surface area contributed by atoms with Crippen LogP contribution < -0.4 is 9.21 Å². The highest BCUT2D eigenvalue weighted by atomic mass is 32.2. The maximum absolute atomic E-state index is 13.2. The number of aryl methyl sites for hydroxylation is 1. The average molecular weight is 435 g/mol. The second-order valence-corrected chi connectivity index (χ2v) is 10.1. The van der Waals surface area contributed by atoms with Gasteiger partial charge in [-0.3, -0.25) is 9.10 Å². The van der Waals surface area contributed by atoms with Gasteiger partial charge in [0.05, 0.1) is 18.5 Å². The number of rotatable bonds is 5. The fraction of sp³-hybridized carbons (Fsp3) is 0.240. The third-order valence-corrected chi connectivity index (χ3v) is 6.78. The predicted octanol–water partition coefficient (Wildman–Crippen LogP) is 4.55. The van der Waals surface area contributed by atoms with Crippen LogP contribution in [0.1, 0.15) is 34.0 Å². The molecule has 0 aliphatic carbocycles. The number of benzene rings is 3. The summed E-state index contributed by atoms with van der Waals surface area (Å²) in [4.78, 5) is 15.0. The minimum Gasteiger partial charge on any atom is -0.305 e. The molecule has 0 saturated heterocycles. The molecule has 1 heterocycles. The zero-order valence-corrected chi connectivity index (χ0v) is 18.8. The van der Waals surface area contributed by atoms with Crippen LogP contribution in [0.15, 0.2) is 72.8 Å². The van der Waals surface area contributed by atoms with Crippen molar-refractivity contribution in [2.45, 2.75) is 32.9 Å². The van der Waals surface area contributed by atoms with Gasteiger partial charge in [-0.25, -0.2) is 8.42 Å². The molecule has 160 valence electrons. The Morgan fingerprint density at radius 2 is 1.74 bits per heavy atom. The van der Waals surface area contributed by atoms with E-state index >= 15 is 0 Å². The summed E-state index contributed by atoms with van der Waals surface area (Å²) in [5.74, 6) is -0.0392. The smallest absolute Gasteiger partial charge is 0.258 e. The number of nitrogens with zero attached hydrogens (tertiary/aromatic N) is 2. The maximum Gasteiger partial charge on any atom is 0.258 e. The third-order valence-electron chi connectivity index (χ3n) is 5.64. The quantitative estimate of drug-likeness (QED) is 0.592. The van der Waals surface area contributed by atoms with E-state index in [-0.39, 0.29) is 18.5 Å². The molecular weight excluding hydrogens is 408 g/mol. The predicted molar refractivity (Wildman–Crippen MR) is 125 cm³/mol. The molecule has 0 bridgehead atoms. The molecular formula is C25H26N2O3S. The van der Waals surface area contributed by atoms with Crippen LogP contribution in [0.4, 0.5) is 11.4 Å². The fourth-order valence-corrected chi connectivity index (χ4v) is 5.00. The number of anilines is 2. The van der Waals surface area contributed by atoms with Crippen molar-refractivity contribution in [2.75, 3.05) is 15.5 Å². The topological polar surface area (TPSA) is 57.7 Å². The zero-order chi connectivity index (χ0) is 22.2. The van der Waals surface area contributed by atoms with E-state index in [0.29, 0.717) is 11.3 Å². The van der Waals surface area contributed by atoms with E-state index in [2.05, 4.69) is 13.0 Å². The molecule has 5 nitrogen and oxygen atoms in total. The largest absolute Gasteiger partial charge is 0.305 e. The van der Waals surface area contributed by atoms with Gasteiger partial charge in [-0.2, -0.15) is 0 Å². The lowest BCUT2D eigenvalue weighted by molar-refractivity contribution is 0.0981. The SMILES string of the molecule is Cc1cccc(N(Cc2ccc(C(=O)N3c4ccccc4C[C@@H]3C)cc2)S(C)(=O)=O)c1. The first-order valence-electron chi connectivity index (χ1n) is 10.3. The van der Waals surface area contributed by atoms with Gasteiger partial charge < -0.3 is 4.90 Å². The average Bonchev–Trinajstić information content (AvgIpc) is 3.06. The van der Waals surface area contributed by atoms with Crippen LogP contribution in [0.25, 0.3) is 0 Å². The van der Waals surface area contributed by atoms with E-state index < -0.39 is 10.0 Å². The van der Waals surface area contributed by atoms with Crippen LogP contribution in [-0.4, -0.2) is 26.6 Å². The summed E-state index contributed by atoms with van der Waals surface area (Å²) < 4.78 is 26.2. The summed E-state index contributed by atoms with van der Waals surface area (Å²) >= 11 is 0. The van der Waals surface area contributed by atoms with Crippen LogP contribution in [-0.2, 0) is 23.0 Å².